The van der Waals surface area contributed by atoms with E-state index in [-0.39, 0.29) is 11.0 Å². The molecule has 166 valence electrons. The molecule has 2 rings (SSSR count). The van der Waals surface area contributed by atoms with Crippen LogP contribution in [0, 0.1) is 17.8 Å². The van der Waals surface area contributed by atoms with E-state index in [0.717, 1.165) is 19.3 Å². The molecule has 1 heterocycles. The highest BCUT2D eigenvalue weighted by molar-refractivity contribution is 6.74. The van der Waals surface area contributed by atoms with Crippen molar-refractivity contribution in [2.75, 3.05) is 6.61 Å². The van der Waals surface area contributed by atoms with Crippen LogP contribution in [0.3, 0.4) is 0 Å². The molecule has 0 bridgehead atoms. The average Bonchev–Trinajstić information content (AvgIpc) is 2.55. The zero-order valence-electron chi connectivity index (χ0n) is 19.5. The third-order valence-electron chi connectivity index (χ3n) is 6.63. The Labute approximate surface area is 177 Å². The predicted octanol–water partition coefficient (Wildman–Crippen LogP) is 5.17. The molecule has 1 aliphatic heterocycles. The second kappa shape index (κ2) is 8.94. The van der Waals surface area contributed by atoms with Crippen LogP contribution < -0.4 is 0 Å². The Kier molecular flexibility index (Phi) is 7.45. The molecule has 1 N–H and O–H groups in total. The number of carbonyl (C=O) groups is 1. The number of aliphatic hydroxyl groups excluding tert-OH is 1. The number of hydrogen-bond acceptors (Lipinski definition) is 5. The first-order valence-corrected chi connectivity index (χ1v) is 13.7. The van der Waals surface area contributed by atoms with Crippen molar-refractivity contribution in [3.63, 3.8) is 0 Å². The van der Waals surface area contributed by atoms with Gasteiger partial charge in [0.1, 0.15) is 5.76 Å². The van der Waals surface area contributed by atoms with Crippen molar-refractivity contribution in [3.8, 4) is 0 Å². The maximum Gasteiger partial charge on any atom is 0.337 e. The predicted molar refractivity (Wildman–Crippen MR) is 118 cm³/mol. The molecule has 2 aliphatic rings. The first-order valence-electron chi connectivity index (χ1n) is 10.8. The summed E-state index contributed by atoms with van der Waals surface area (Å²) in [6.45, 7) is 17.7. The van der Waals surface area contributed by atoms with E-state index in [1.165, 1.54) is 6.08 Å². The Morgan fingerprint density at radius 1 is 1.31 bits per heavy atom. The van der Waals surface area contributed by atoms with Crippen LogP contribution >= 0.6 is 0 Å². The van der Waals surface area contributed by atoms with Gasteiger partial charge in [0, 0.05) is 20.5 Å². The highest BCUT2D eigenvalue weighted by Gasteiger charge is 2.40. The minimum absolute atomic E-state index is 0.149. The molecule has 4 atom stereocenters. The molecule has 6 heteroatoms. The number of ether oxygens (including phenoxy) is 2. The van der Waals surface area contributed by atoms with Gasteiger partial charge in [0.2, 0.25) is 5.79 Å². The molecule has 1 fully saturated rings. The number of carbonyl (C=O) groups excluding carboxylic acids is 1. The van der Waals surface area contributed by atoms with Crippen molar-refractivity contribution in [2.24, 2.45) is 17.8 Å². The minimum Gasteiger partial charge on any atom is -0.453 e. The van der Waals surface area contributed by atoms with E-state index >= 15 is 0 Å². The molecule has 5 nitrogen and oxygen atoms in total. The van der Waals surface area contributed by atoms with Gasteiger partial charge in [-0.05, 0) is 54.8 Å². The lowest BCUT2D eigenvalue weighted by atomic mass is 9.72. The van der Waals surface area contributed by atoms with E-state index < -0.39 is 26.2 Å². The highest BCUT2D eigenvalue weighted by Crippen LogP contribution is 2.40. The fourth-order valence-electron chi connectivity index (χ4n) is 3.84. The van der Waals surface area contributed by atoms with Gasteiger partial charge in [-0.2, -0.15) is 0 Å². The highest BCUT2D eigenvalue weighted by atomic mass is 28.4. The SMILES string of the molecule is C[C@@H]1CC[C@@H]([C@H](O)/C=C/C2=CC(=O)OC(C)(C)O2)[C@H](CO[Si](C)(C)C(C)(C)C)C1. The summed E-state index contributed by atoms with van der Waals surface area (Å²) in [6.07, 6.45) is 7.33. The summed E-state index contributed by atoms with van der Waals surface area (Å²) >= 11 is 0. The Hall–Kier alpha value is -1.11. The molecule has 0 aromatic rings. The Balaban J connectivity index is 2.06. The van der Waals surface area contributed by atoms with Gasteiger partial charge in [-0.3, -0.25) is 0 Å². The third-order valence-corrected chi connectivity index (χ3v) is 11.1. The molecular formula is C23H40O5Si. The number of rotatable bonds is 6. The zero-order chi connectivity index (χ0) is 22.0. The van der Waals surface area contributed by atoms with E-state index in [1.54, 1.807) is 26.0 Å². The Morgan fingerprint density at radius 2 is 1.97 bits per heavy atom. The van der Waals surface area contributed by atoms with Crippen LogP contribution in [0.15, 0.2) is 24.0 Å². The molecule has 0 aromatic heterocycles. The quantitative estimate of drug-likeness (QED) is 0.471. The van der Waals surface area contributed by atoms with Crippen LogP contribution in [-0.4, -0.2) is 37.9 Å². The lowest BCUT2D eigenvalue weighted by Gasteiger charge is -2.41. The summed E-state index contributed by atoms with van der Waals surface area (Å²) in [5.74, 6) is 0.129. The standard InChI is InChI=1S/C23H40O5Si/c1-16-9-11-19(17(13-16)15-26-29(7,8)22(2,3)4)20(24)12-10-18-14-21(25)28-23(5,6)27-18/h10,12,14,16-17,19-20,24H,9,11,13,15H2,1-8H3/b12-10+/t16-,17+,19-,20-/m1/s1. The molecule has 0 saturated heterocycles. The van der Waals surface area contributed by atoms with Gasteiger partial charge in [0.25, 0.3) is 0 Å². The van der Waals surface area contributed by atoms with E-state index in [4.69, 9.17) is 13.9 Å². The third kappa shape index (κ3) is 6.69. The molecule has 0 amide bonds. The molecule has 1 aliphatic carbocycles. The fourth-order valence-corrected chi connectivity index (χ4v) is 4.90. The zero-order valence-corrected chi connectivity index (χ0v) is 20.5. The van der Waals surface area contributed by atoms with Gasteiger partial charge in [-0.1, -0.05) is 40.2 Å². The second-order valence-electron chi connectivity index (χ2n) is 10.7. The lowest BCUT2D eigenvalue weighted by Crippen LogP contribution is -2.44. The summed E-state index contributed by atoms with van der Waals surface area (Å²) in [5.41, 5.74) is 0. The number of aliphatic hydroxyl groups is 1. The van der Waals surface area contributed by atoms with Gasteiger partial charge < -0.3 is 19.0 Å². The summed E-state index contributed by atoms with van der Waals surface area (Å²) in [4.78, 5) is 11.7. The molecule has 29 heavy (non-hydrogen) atoms. The van der Waals surface area contributed by atoms with E-state index in [1.807, 2.05) is 0 Å². The minimum atomic E-state index is -1.82. The summed E-state index contributed by atoms with van der Waals surface area (Å²) in [5, 5.41) is 11.1. The monoisotopic (exact) mass is 424 g/mol. The topological polar surface area (TPSA) is 65.0 Å². The van der Waals surface area contributed by atoms with Crippen LogP contribution in [0.4, 0.5) is 0 Å². The van der Waals surface area contributed by atoms with E-state index in [2.05, 4.69) is 40.8 Å². The molecular weight excluding hydrogens is 384 g/mol. The molecule has 0 radical (unpaired) electrons. The number of esters is 1. The lowest BCUT2D eigenvalue weighted by molar-refractivity contribution is -0.203. The van der Waals surface area contributed by atoms with Gasteiger partial charge >= 0.3 is 5.97 Å². The van der Waals surface area contributed by atoms with Crippen LogP contribution in [0.5, 0.6) is 0 Å². The molecule has 0 unspecified atom stereocenters. The fraction of sp³-hybridized carbons (Fsp3) is 0.783. The normalized spacial score (nSPS) is 29.2. The van der Waals surface area contributed by atoms with Crippen LogP contribution in [0.1, 0.15) is 60.8 Å². The van der Waals surface area contributed by atoms with Crippen molar-refractivity contribution < 1.29 is 23.8 Å². The smallest absolute Gasteiger partial charge is 0.337 e. The van der Waals surface area contributed by atoms with Crippen LogP contribution in [-0.2, 0) is 18.7 Å². The molecule has 0 aromatic carbocycles. The first-order chi connectivity index (χ1) is 13.2. The summed E-state index contributed by atoms with van der Waals surface area (Å²) in [6, 6.07) is 0. The van der Waals surface area contributed by atoms with Crippen molar-refractivity contribution in [1.82, 2.24) is 0 Å². The Morgan fingerprint density at radius 3 is 2.55 bits per heavy atom. The van der Waals surface area contributed by atoms with Crippen molar-refractivity contribution in [3.05, 3.63) is 24.0 Å². The van der Waals surface area contributed by atoms with Gasteiger partial charge in [0.05, 0.1) is 12.2 Å². The molecule has 1 saturated carbocycles. The van der Waals surface area contributed by atoms with Crippen LogP contribution in [0.2, 0.25) is 18.1 Å². The maximum atomic E-state index is 11.7. The number of allylic oxidation sites excluding steroid dienone is 1. The second-order valence-corrected chi connectivity index (χ2v) is 15.5. The van der Waals surface area contributed by atoms with Gasteiger partial charge in [0.15, 0.2) is 8.32 Å². The number of hydrogen-bond donors (Lipinski definition) is 1. The van der Waals surface area contributed by atoms with Gasteiger partial charge in [-0.25, -0.2) is 4.79 Å². The number of cyclic esters (lactones) is 1. The van der Waals surface area contributed by atoms with Crippen molar-refractivity contribution in [1.29, 1.82) is 0 Å². The average molecular weight is 425 g/mol. The Bertz CT molecular complexity index is 644. The maximum absolute atomic E-state index is 11.7. The largest absolute Gasteiger partial charge is 0.453 e. The van der Waals surface area contributed by atoms with Crippen molar-refractivity contribution >= 4 is 14.3 Å². The van der Waals surface area contributed by atoms with E-state index in [9.17, 15) is 9.90 Å². The van der Waals surface area contributed by atoms with E-state index in [0.29, 0.717) is 24.2 Å². The molecule has 0 spiro atoms. The van der Waals surface area contributed by atoms with Gasteiger partial charge in [-0.15, -0.1) is 0 Å². The first kappa shape index (κ1) is 24.2. The summed E-state index contributed by atoms with van der Waals surface area (Å²) in [7, 11) is -1.82. The summed E-state index contributed by atoms with van der Waals surface area (Å²) < 4.78 is 17.3. The van der Waals surface area contributed by atoms with Crippen molar-refractivity contribution in [2.45, 2.75) is 90.8 Å². The van der Waals surface area contributed by atoms with Crippen LogP contribution in [0.25, 0.3) is 0 Å².